The number of nitrogen functional groups attached to an aromatic ring is 1. The molecule has 2 heterocycles. The molecule has 4 rings (SSSR count). The average Bonchev–Trinajstić information content (AvgIpc) is 2.69. The lowest BCUT2D eigenvalue weighted by Crippen LogP contribution is -2.46. The van der Waals surface area contributed by atoms with E-state index >= 15 is 0 Å². The number of hydrogen-bond acceptors (Lipinski definition) is 7. The molecule has 0 aliphatic carbocycles. The van der Waals surface area contributed by atoms with Crippen LogP contribution in [0.4, 0.5) is 17.2 Å². The van der Waals surface area contributed by atoms with Crippen molar-refractivity contribution in [3.05, 3.63) is 62.9 Å². The van der Waals surface area contributed by atoms with Crippen LogP contribution in [-0.2, 0) is 6.54 Å². The lowest BCUT2D eigenvalue weighted by molar-refractivity contribution is -0.384. The van der Waals surface area contributed by atoms with E-state index in [9.17, 15) is 10.1 Å². The predicted molar refractivity (Wildman–Crippen MR) is 112 cm³/mol. The Morgan fingerprint density at radius 3 is 2.57 bits per heavy atom. The second-order valence-corrected chi connectivity index (χ2v) is 7.55. The third-order valence-electron chi connectivity index (χ3n) is 4.90. The van der Waals surface area contributed by atoms with Gasteiger partial charge < -0.3 is 10.6 Å². The van der Waals surface area contributed by atoms with Gasteiger partial charge >= 0.3 is 0 Å². The highest BCUT2D eigenvalue weighted by molar-refractivity contribution is 9.10. The molecule has 0 radical (unpaired) electrons. The molecule has 0 spiro atoms. The van der Waals surface area contributed by atoms with E-state index < -0.39 is 0 Å². The van der Waals surface area contributed by atoms with Crippen molar-refractivity contribution >= 4 is 44.0 Å². The monoisotopic (exact) mass is 442 g/mol. The standard InChI is InChI=1S/C19H19BrN6O2/c20-15-11-13(26(27)28)5-6-17(15)25-9-7-24(8-10-25)12-18-22-16-4-2-1-3-14(16)19(21)23-18/h1-6,11H,7-10,12H2,(H2,21,22,23). The Morgan fingerprint density at radius 2 is 1.86 bits per heavy atom. The number of fused-ring (bicyclic) bond motifs is 1. The normalized spacial score (nSPS) is 15.1. The Balaban J connectivity index is 1.43. The van der Waals surface area contributed by atoms with Crippen LogP contribution in [0.5, 0.6) is 0 Å². The quantitative estimate of drug-likeness (QED) is 0.488. The molecular weight excluding hydrogens is 424 g/mol. The van der Waals surface area contributed by atoms with E-state index in [4.69, 9.17) is 5.73 Å². The number of anilines is 2. The van der Waals surface area contributed by atoms with Crippen molar-refractivity contribution in [1.82, 2.24) is 14.9 Å². The van der Waals surface area contributed by atoms with E-state index in [-0.39, 0.29) is 10.6 Å². The Bertz CT molecular complexity index is 1040. The minimum atomic E-state index is -0.387. The molecule has 2 N–H and O–H groups in total. The van der Waals surface area contributed by atoms with E-state index in [1.165, 1.54) is 6.07 Å². The largest absolute Gasteiger partial charge is 0.383 e. The van der Waals surface area contributed by atoms with Gasteiger partial charge in [-0.05, 0) is 34.1 Å². The van der Waals surface area contributed by atoms with E-state index in [0.717, 1.165) is 53.1 Å². The van der Waals surface area contributed by atoms with Crippen molar-refractivity contribution in [2.24, 2.45) is 0 Å². The van der Waals surface area contributed by atoms with Crippen LogP contribution in [0.2, 0.25) is 0 Å². The summed E-state index contributed by atoms with van der Waals surface area (Å²) in [6.07, 6.45) is 0. The lowest BCUT2D eigenvalue weighted by Gasteiger charge is -2.36. The first-order chi connectivity index (χ1) is 13.5. The summed E-state index contributed by atoms with van der Waals surface area (Å²) in [5, 5.41) is 11.8. The van der Waals surface area contributed by atoms with Gasteiger partial charge in [0.2, 0.25) is 0 Å². The van der Waals surface area contributed by atoms with Gasteiger partial charge in [-0.1, -0.05) is 12.1 Å². The van der Waals surface area contributed by atoms with Crippen LogP contribution in [-0.4, -0.2) is 46.0 Å². The molecule has 0 unspecified atom stereocenters. The summed E-state index contributed by atoms with van der Waals surface area (Å²) in [6.45, 7) is 3.97. The first-order valence-electron chi connectivity index (χ1n) is 8.93. The summed E-state index contributed by atoms with van der Waals surface area (Å²) in [6, 6.07) is 12.6. The second kappa shape index (κ2) is 7.69. The van der Waals surface area contributed by atoms with Crippen molar-refractivity contribution in [3.8, 4) is 0 Å². The maximum atomic E-state index is 10.9. The summed E-state index contributed by atoms with van der Waals surface area (Å²) in [5.74, 6) is 1.23. The van der Waals surface area contributed by atoms with Gasteiger partial charge in [0.05, 0.1) is 22.7 Å². The third kappa shape index (κ3) is 3.76. The number of hydrogen-bond donors (Lipinski definition) is 1. The average molecular weight is 443 g/mol. The summed E-state index contributed by atoms with van der Waals surface area (Å²) < 4.78 is 0.737. The minimum Gasteiger partial charge on any atom is -0.383 e. The maximum absolute atomic E-state index is 10.9. The highest BCUT2D eigenvalue weighted by atomic mass is 79.9. The first kappa shape index (κ1) is 18.6. The van der Waals surface area contributed by atoms with Gasteiger partial charge in [0.25, 0.3) is 5.69 Å². The number of nitrogens with two attached hydrogens (primary N) is 1. The van der Waals surface area contributed by atoms with Crippen molar-refractivity contribution in [1.29, 1.82) is 0 Å². The second-order valence-electron chi connectivity index (χ2n) is 6.70. The van der Waals surface area contributed by atoms with Crippen LogP contribution in [0.25, 0.3) is 10.9 Å². The van der Waals surface area contributed by atoms with Gasteiger partial charge in [-0.2, -0.15) is 0 Å². The molecule has 0 bridgehead atoms. The fourth-order valence-electron chi connectivity index (χ4n) is 3.43. The molecule has 144 valence electrons. The third-order valence-corrected chi connectivity index (χ3v) is 5.53. The zero-order chi connectivity index (χ0) is 19.7. The lowest BCUT2D eigenvalue weighted by atomic mass is 10.2. The number of non-ortho nitro benzene ring substituents is 1. The molecule has 1 saturated heterocycles. The number of piperazine rings is 1. The topological polar surface area (TPSA) is 101 Å². The van der Waals surface area contributed by atoms with Crippen LogP contribution in [0.15, 0.2) is 46.9 Å². The molecule has 28 heavy (non-hydrogen) atoms. The van der Waals surface area contributed by atoms with E-state index in [1.54, 1.807) is 12.1 Å². The summed E-state index contributed by atoms with van der Waals surface area (Å²) in [4.78, 5) is 24.1. The highest BCUT2D eigenvalue weighted by Gasteiger charge is 2.21. The number of nitro benzene ring substituents is 1. The maximum Gasteiger partial charge on any atom is 0.270 e. The van der Waals surface area contributed by atoms with Crippen LogP contribution < -0.4 is 10.6 Å². The molecule has 1 aromatic heterocycles. The summed E-state index contributed by atoms with van der Waals surface area (Å²) in [5.41, 5.74) is 7.99. The molecule has 3 aromatic rings. The molecule has 9 heteroatoms. The molecule has 0 saturated carbocycles. The first-order valence-corrected chi connectivity index (χ1v) is 9.73. The number of rotatable bonds is 4. The van der Waals surface area contributed by atoms with E-state index in [1.807, 2.05) is 24.3 Å². The number of nitro groups is 1. The fraction of sp³-hybridized carbons (Fsp3) is 0.263. The Kier molecular flexibility index (Phi) is 5.10. The minimum absolute atomic E-state index is 0.0836. The predicted octanol–water partition coefficient (Wildman–Crippen LogP) is 3.20. The van der Waals surface area contributed by atoms with Gasteiger partial charge in [0.1, 0.15) is 11.6 Å². The molecule has 0 atom stereocenters. The zero-order valence-electron chi connectivity index (χ0n) is 15.1. The number of nitrogens with zero attached hydrogens (tertiary/aromatic N) is 5. The number of halogens is 1. The van der Waals surface area contributed by atoms with Crippen molar-refractivity contribution in [2.45, 2.75) is 6.54 Å². The number of para-hydroxylation sites is 1. The Labute approximate surface area is 170 Å². The van der Waals surface area contributed by atoms with E-state index in [2.05, 4.69) is 35.7 Å². The van der Waals surface area contributed by atoms with Gasteiger partial charge in [0.15, 0.2) is 0 Å². The Morgan fingerprint density at radius 1 is 1.11 bits per heavy atom. The van der Waals surface area contributed by atoms with Crippen LogP contribution in [0.3, 0.4) is 0 Å². The van der Waals surface area contributed by atoms with Crippen LogP contribution in [0, 0.1) is 10.1 Å². The number of benzene rings is 2. The molecule has 1 aliphatic rings. The van der Waals surface area contributed by atoms with Gasteiger partial charge in [0, 0.05) is 48.2 Å². The van der Waals surface area contributed by atoms with Gasteiger partial charge in [-0.25, -0.2) is 9.97 Å². The van der Waals surface area contributed by atoms with Crippen molar-refractivity contribution in [3.63, 3.8) is 0 Å². The van der Waals surface area contributed by atoms with Gasteiger partial charge in [-0.15, -0.1) is 0 Å². The highest BCUT2D eigenvalue weighted by Crippen LogP contribution is 2.31. The number of aromatic nitrogens is 2. The SMILES string of the molecule is Nc1nc(CN2CCN(c3ccc([N+](=O)[O-])cc3Br)CC2)nc2ccccc12. The molecule has 8 nitrogen and oxygen atoms in total. The molecule has 1 fully saturated rings. The van der Waals surface area contributed by atoms with Crippen molar-refractivity contribution < 1.29 is 4.92 Å². The summed E-state index contributed by atoms with van der Waals surface area (Å²) in [7, 11) is 0. The molecular formula is C19H19BrN6O2. The van der Waals surface area contributed by atoms with E-state index in [0.29, 0.717) is 12.4 Å². The van der Waals surface area contributed by atoms with Gasteiger partial charge in [-0.3, -0.25) is 15.0 Å². The van der Waals surface area contributed by atoms with Crippen LogP contribution >= 0.6 is 15.9 Å². The zero-order valence-corrected chi connectivity index (χ0v) is 16.7. The van der Waals surface area contributed by atoms with Crippen molar-refractivity contribution in [2.75, 3.05) is 36.8 Å². The van der Waals surface area contributed by atoms with Crippen LogP contribution in [0.1, 0.15) is 5.82 Å². The Hall–Kier alpha value is -2.78. The molecule has 2 aromatic carbocycles. The summed E-state index contributed by atoms with van der Waals surface area (Å²) >= 11 is 3.46. The molecule has 0 amide bonds. The molecule has 1 aliphatic heterocycles. The fourth-order valence-corrected chi connectivity index (χ4v) is 4.05. The smallest absolute Gasteiger partial charge is 0.270 e.